The monoisotopic (exact) mass is 162 g/mol. The lowest BCUT2D eigenvalue weighted by Gasteiger charge is -1.98. The molecule has 0 fully saturated rings. The lowest BCUT2D eigenvalue weighted by Crippen LogP contribution is -2.01. The van der Waals surface area contributed by atoms with Gasteiger partial charge in [0.2, 0.25) is 0 Å². The third-order valence-electron chi connectivity index (χ3n) is 1.31. The van der Waals surface area contributed by atoms with Gasteiger partial charge in [-0.3, -0.25) is 0 Å². The van der Waals surface area contributed by atoms with Crippen LogP contribution in [0.5, 0.6) is 0 Å². The molecule has 0 radical (unpaired) electrons. The third kappa shape index (κ3) is 6.93. The van der Waals surface area contributed by atoms with Gasteiger partial charge in [-0.2, -0.15) is 0 Å². The first-order valence-electron chi connectivity index (χ1n) is 4.11. The molecule has 0 aliphatic carbocycles. The molecule has 0 aromatic carbocycles. The smallest absolute Gasteiger partial charge is 0.115 e. The Morgan fingerprint density at radius 1 is 1.50 bits per heavy atom. The van der Waals surface area contributed by atoms with Crippen LogP contribution in [-0.2, 0) is 0 Å². The number of rotatable bonds is 3. The van der Waals surface area contributed by atoms with Crippen molar-refractivity contribution in [2.24, 2.45) is 0 Å². The number of unbranched alkanes of at least 4 members (excludes halogenated alkanes) is 1. The van der Waals surface area contributed by atoms with E-state index in [2.05, 4.69) is 37.2 Å². The highest BCUT2D eigenvalue weighted by atomic mass is 16.3. The Hall–Kier alpha value is -1.18. The fourth-order valence-electron chi connectivity index (χ4n) is 0.676. The summed E-state index contributed by atoms with van der Waals surface area (Å²) in [5.74, 6) is 10.3. The number of aliphatic hydroxyl groups is 1. The molecular weight excluding hydrogens is 148 g/mol. The zero-order valence-corrected chi connectivity index (χ0v) is 7.43. The molecule has 0 spiro atoms. The lowest BCUT2D eigenvalue weighted by molar-refractivity contribution is 0.218. The first kappa shape index (κ1) is 10.8. The summed E-state index contributed by atoms with van der Waals surface area (Å²) in [4.78, 5) is 0. The van der Waals surface area contributed by atoms with Crippen molar-refractivity contribution < 1.29 is 5.11 Å². The molecule has 0 aromatic rings. The summed E-state index contributed by atoms with van der Waals surface area (Å²) in [6, 6.07) is 0. The van der Waals surface area contributed by atoms with E-state index in [1.807, 2.05) is 0 Å². The van der Waals surface area contributed by atoms with E-state index in [0.29, 0.717) is 0 Å². The normalized spacial score (nSPS) is 10.2. The largest absolute Gasteiger partial charge is 0.380 e. The van der Waals surface area contributed by atoms with Gasteiger partial charge < -0.3 is 5.11 Å². The highest BCUT2D eigenvalue weighted by Gasteiger charge is 1.95. The Kier molecular flexibility index (Phi) is 7.14. The fraction of sp³-hybridized carbons (Fsp3) is 0.455. The van der Waals surface area contributed by atoms with Crippen LogP contribution >= 0.6 is 0 Å². The third-order valence-corrected chi connectivity index (χ3v) is 1.31. The molecule has 0 rings (SSSR count). The van der Waals surface area contributed by atoms with Gasteiger partial charge in [0, 0.05) is 0 Å². The summed E-state index contributed by atoms with van der Waals surface area (Å²) in [6.45, 7) is 5.50. The molecule has 0 aliphatic rings. The van der Waals surface area contributed by atoms with Crippen LogP contribution in [0.25, 0.3) is 0 Å². The van der Waals surface area contributed by atoms with Crippen molar-refractivity contribution in [3.63, 3.8) is 0 Å². The van der Waals surface area contributed by atoms with Crippen molar-refractivity contribution in [1.29, 1.82) is 0 Å². The maximum atomic E-state index is 9.21. The minimum Gasteiger partial charge on any atom is -0.380 e. The van der Waals surface area contributed by atoms with Crippen LogP contribution in [-0.4, -0.2) is 11.2 Å². The number of hydrogen-bond acceptors (Lipinski definition) is 1. The molecule has 0 amide bonds. The fourth-order valence-corrected chi connectivity index (χ4v) is 0.676. The molecule has 64 valence electrons. The van der Waals surface area contributed by atoms with E-state index >= 15 is 0 Å². The molecule has 0 saturated carbocycles. The van der Waals surface area contributed by atoms with E-state index < -0.39 is 6.10 Å². The van der Waals surface area contributed by atoms with Crippen LogP contribution in [0.3, 0.4) is 0 Å². The quantitative estimate of drug-likeness (QED) is 0.627. The summed E-state index contributed by atoms with van der Waals surface area (Å²) in [5, 5.41) is 9.21. The first-order chi connectivity index (χ1) is 5.81. The first-order valence-corrected chi connectivity index (χ1v) is 4.11. The zero-order valence-electron chi connectivity index (χ0n) is 7.43. The molecule has 1 heteroatoms. The molecular formula is C11H14O. The van der Waals surface area contributed by atoms with Crippen LogP contribution in [0.1, 0.15) is 26.2 Å². The van der Waals surface area contributed by atoms with E-state index in [1.165, 1.54) is 6.08 Å². The van der Waals surface area contributed by atoms with E-state index in [0.717, 1.165) is 19.3 Å². The number of aliphatic hydroxyl groups excluding tert-OH is 1. The van der Waals surface area contributed by atoms with Crippen molar-refractivity contribution in [1.82, 2.24) is 0 Å². The topological polar surface area (TPSA) is 20.2 Å². The van der Waals surface area contributed by atoms with Gasteiger partial charge >= 0.3 is 0 Å². The predicted octanol–water partition coefficient (Wildman–Crippen LogP) is 1.73. The molecule has 0 unspecified atom stereocenters. The average Bonchev–Trinajstić information content (AvgIpc) is 2.09. The minimum atomic E-state index is -0.524. The molecule has 0 heterocycles. The zero-order chi connectivity index (χ0) is 9.23. The molecule has 1 nitrogen and oxygen atoms in total. The summed E-state index contributed by atoms with van der Waals surface area (Å²) >= 11 is 0. The molecule has 1 N–H and O–H groups in total. The Morgan fingerprint density at radius 3 is 2.83 bits per heavy atom. The standard InChI is InChI=1S/C11H14O/c1-3-5-7-8-10-11(12)9-6-4-2/h3,11-12H,1,4,6,9H2,2H3/t11-/m0/s1. The Morgan fingerprint density at radius 2 is 2.25 bits per heavy atom. The minimum absolute atomic E-state index is 0.524. The van der Waals surface area contributed by atoms with Gasteiger partial charge in [0.15, 0.2) is 0 Å². The maximum absolute atomic E-state index is 9.21. The van der Waals surface area contributed by atoms with Crippen molar-refractivity contribution in [2.45, 2.75) is 32.3 Å². The second kappa shape index (κ2) is 7.92. The summed E-state index contributed by atoms with van der Waals surface area (Å²) in [6.07, 6.45) is 3.78. The van der Waals surface area contributed by atoms with Crippen LogP contribution in [0.4, 0.5) is 0 Å². The highest BCUT2D eigenvalue weighted by molar-refractivity contribution is 5.30. The summed E-state index contributed by atoms with van der Waals surface area (Å²) < 4.78 is 0. The molecule has 0 aromatic heterocycles. The van der Waals surface area contributed by atoms with Gasteiger partial charge in [0.1, 0.15) is 6.10 Å². The Balaban J connectivity index is 3.70. The van der Waals surface area contributed by atoms with Gasteiger partial charge in [0.25, 0.3) is 0 Å². The van der Waals surface area contributed by atoms with Gasteiger partial charge in [-0.1, -0.05) is 38.2 Å². The van der Waals surface area contributed by atoms with Crippen molar-refractivity contribution in [3.05, 3.63) is 12.7 Å². The molecule has 12 heavy (non-hydrogen) atoms. The van der Waals surface area contributed by atoms with E-state index in [4.69, 9.17) is 0 Å². The molecule has 0 bridgehead atoms. The predicted molar refractivity (Wildman–Crippen MR) is 51.3 cm³/mol. The van der Waals surface area contributed by atoms with Crippen LogP contribution < -0.4 is 0 Å². The van der Waals surface area contributed by atoms with E-state index in [9.17, 15) is 5.11 Å². The van der Waals surface area contributed by atoms with Crippen molar-refractivity contribution >= 4 is 0 Å². The SMILES string of the molecule is C=CC#CC#C[C@@H](O)CCCC. The van der Waals surface area contributed by atoms with E-state index in [1.54, 1.807) is 0 Å². The maximum Gasteiger partial charge on any atom is 0.115 e. The Labute approximate surface area is 74.5 Å². The van der Waals surface area contributed by atoms with Gasteiger partial charge in [-0.15, -0.1) is 0 Å². The van der Waals surface area contributed by atoms with Gasteiger partial charge in [-0.25, -0.2) is 0 Å². The lowest BCUT2D eigenvalue weighted by atomic mass is 10.2. The highest BCUT2D eigenvalue weighted by Crippen LogP contribution is 1.97. The molecule has 1 atom stereocenters. The van der Waals surface area contributed by atoms with E-state index in [-0.39, 0.29) is 0 Å². The second-order valence-electron chi connectivity index (χ2n) is 2.40. The van der Waals surface area contributed by atoms with Crippen molar-refractivity contribution in [3.8, 4) is 23.7 Å². The summed E-state index contributed by atoms with van der Waals surface area (Å²) in [5.41, 5.74) is 0. The number of hydrogen-bond donors (Lipinski definition) is 1. The van der Waals surface area contributed by atoms with Crippen LogP contribution in [0.15, 0.2) is 12.7 Å². The summed E-state index contributed by atoms with van der Waals surface area (Å²) in [7, 11) is 0. The van der Waals surface area contributed by atoms with Gasteiger partial charge in [-0.05, 0) is 24.3 Å². The van der Waals surface area contributed by atoms with Crippen molar-refractivity contribution in [2.75, 3.05) is 0 Å². The van der Waals surface area contributed by atoms with Crippen LogP contribution in [0.2, 0.25) is 0 Å². The number of allylic oxidation sites excluding steroid dienone is 1. The van der Waals surface area contributed by atoms with Gasteiger partial charge in [0.05, 0.1) is 0 Å². The Bertz CT molecular complexity index is 231. The average molecular weight is 162 g/mol. The second-order valence-corrected chi connectivity index (χ2v) is 2.40. The molecule has 0 saturated heterocycles. The molecule has 0 aliphatic heterocycles. The van der Waals surface area contributed by atoms with Crippen LogP contribution in [0, 0.1) is 23.7 Å².